The number of benzene rings is 1. The molecule has 0 amide bonds. The normalized spacial score (nSPS) is 19.1. The van der Waals surface area contributed by atoms with Gasteiger partial charge in [-0.05, 0) is 36.9 Å². The van der Waals surface area contributed by atoms with Crippen molar-refractivity contribution < 1.29 is 23.1 Å². The molecule has 168 valence electrons. The van der Waals surface area contributed by atoms with Crippen LogP contribution in [0.1, 0.15) is 57.6 Å². The first kappa shape index (κ1) is 23.5. The molecule has 2 heterocycles. The van der Waals surface area contributed by atoms with Crippen LogP contribution in [0.5, 0.6) is 0 Å². The number of aromatic nitrogens is 1. The molecule has 0 spiro atoms. The summed E-state index contributed by atoms with van der Waals surface area (Å²) in [6.45, 7) is 2.79. The Bertz CT molecular complexity index is 1030. The third-order valence-electron chi connectivity index (χ3n) is 5.38. The predicted molar refractivity (Wildman–Crippen MR) is 119 cm³/mol. The average molecular weight is 466 g/mol. The summed E-state index contributed by atoms with van der Waals surface area (Å²) >= 11 is 0.957. The molecule has 1 fully saturated rings. The van der Waals surface area contributed by atoms with Gasteiger partial charge in [-0.3, -0.25) is 4.79 Å². The van der Waals surface area contributed by atoms with Crippen LogP contribution < -0.4 is 5.32 Å². The van der Waals surface area contributed by atoms with E-state index in [1.54, 1.807) is 0 Å². The lowest BCUT2D eigenvalue weighted by atomic mass is 10.0. The number of aryl methyl sites for hydroxylation is 1. The Hall–Kier alpha value is -2.14. The first-order chi connectivity index (χ1) is 14.7. The van der Waals surface area contributed by atoms with E-state index in [0.29, 0.717) is 13.0 Å². The van der Waals surface area contributed by atoms with E-state index >= 15 is 0 Å². The molecule has 8 nitrogen and oxygen atoms in total. The molecule has 10 heteroatoms. The highest BCUT2D eigenvalue weighted by atomic mass is 32.2. The Labute approximate surface area is 186 Å². The van der Waals surface area contributed by atoms with Gasteiger partial charge in [-0.15, -0.1) is 11.3 Å². The Balaban J connectivity index is 1.80. The molecule has 0 aliphatic carbocycles. The molecule has 0 bridgehead atoms. The molecule has 2 N–H and O–H groups in total. The second-order valence-corrected chi connectivity index (χ2v) is 10.5. The molecule has 1 aliphatic heterocycles. The summed E-state index contributed by atoms with van der Waals surface area (Å²) in [6, 6.07) is 6.56. The van der Waals surface area contributed by atoms with Crippen LogP contribution in [0, 0.1) is 0 Å². The molecule has 0 radical (unpaired) electrons. The summed E-state index contributed by atoms with van der Waals surface area (Å²) in [6.07, 6.45) is 4.83. The number of carboxylic acids is 1. The van der Waals surface area contributed by atoms with Crippen molar-refractivity contribution in [2.75, 3.05) is 12.8 Å². The van der Waals surface area contributed by atoms with E-state index in [-0.39, 0.29) is 23.0 Å². The van der Waals surface area contributed by atoms with Crippen molar-refractivity contribution >= 4 is 33.1 Å². The number of rotatable bonds is 10. The Kier molecular flexibility index (Phi) is 7.58. The molecular formula is C21H27N3O5S2. The van der Waals surface area contributed by atoms with Crippen LogP contribution in [-0.4, -0.2) is 59.5 Å². The second kappa shape index (κ2) is 9.99. The Morgan fingerprint density at radius 2 is 1.94 bits per heavy atom. The molecule has 2 aromatic rings. The van der Waals surface area contributed by atoms with Crippen LogP contribution >= 0.6 is 11.3 Å². The minimum Gasteiger partial charge on any atom is -0.476 e. The number of Topliss-reactive ketones (excluding diaryl/α,β-unsaturated/α-hetero) is 1. The van der Waals surface area contributed by atoms with E-state index in [0.717, 1.165) is 42.4 Å². The van der Waals surface area contributed by atoms with Gasteiger partial charge in [0.2, 0.25) is 15.8 Å². The highest BCUT2D eigenvalue weighted by molar-refractivity contribution is 7.88. The Morgan fingerprint density at radius 1 is 1.26 bits per heavy atom. The average Bonchev–Trinajstić information content (AvgIpc) is 3.40. The zero-order chi connectivity index (χ0) is 22.6. The zero-order valence-electron chi connectivity index (χ0n) is 17.6. The van der Waals surface area contributed by atoms with Crippen LogP contribution in [0.15, 0.2) is 29.6 Å². The molecule has 1 aliphatic rings. The summed E-state index contributed by atoms with van der Waals surface area (Å²) in [5, 5.41) is 13.5. The molecular weight excluding hydrogens is 438 g/mol. The highest BCUT2D eigenvalue weighted by Crippen LogP contribution is 2.25. The number of unbranched alkanes of at least 4 members (excludes halogenated alkanes) is 1. The van der Waals surface area contributed by atoms with Crippen molar-refractivity contribution in [3.63, 3.8) is 0 Å². The summed E-state index contributed by atoms with van der Waals surface area (Å²) in [5.41, 5.74) is 1.88. The highest BCUT2D eigenvalue weighted by Gasteiger charge is 2.41. The van der Waals surface area contributed by atoms with Gasteiger partial charge in [0.15, 0.2) is 10.7 Å². The van der Waals surface area contributed by atoms with E-state index in [9.17, 15) is 18.0 Å². The van der Waals surface area contributed by atoms with Crippen molar-refractivity contribution in [2.45, 2.75) is 51.2 Å². The summed E-state index contributed by atoms with van der Waals surface area (Å²) in [7, 11) is -3.60. The lowest BCUT2D eigenvalue weighted by Gasteiger charge is -2.30. The lowest BCUT2D eigenvalue weighted by Crippen LogP contribution is -2.49. The van der Waals surface area contributed by atoms with Gasteiger partial charge in [-0.1, -0.05) is 37.6 Å². The fourth-order valence-electron chi connectivity index (χ4n) is 3.74. The van der Waals surface area contributed by atoms with Gasteiger partial charge in [-0.2, -0.15) is 4.31 Å². The minimum atomic E-state index is -3.60. The maximum Gasteiger partial charge on any atom is 0.355 e. The van der Waals surface area contributed by atoms with Crippen molar-refractivity contribution in [3.8, 4) is 0 Å². The number of ketones is 1. The first-order valence-electron chi connectivity index (χ1n) is 10.2. The first-order valence-corrected chi connectivity index (χ1v) is 12.9. The van der Waals surface area contributed by atoms with Crippen LogP contribution in [0.3, 0.4) is 0 Å². The van der Waals surface area contributed by atoms with Crippen molar-refractivity contribution in [1.82, 2.24) is 14.6 Å². The lowest BCUT2D eigenvalue weighted by molar-refractivity contribution is 0.0691. The number of hydrogen-bond acceptors (Lipinski definition) is 7. The Morgan fingerprint density at radius 3 is 2.52 bits per heavy atom. The number of nitrogens with one attached hydrogen (secondary N) is 1. The van der Waals surface area contributed by atoms with E-state index in [1.807, 2.05) is 24.3 Å². The molecule has 1 aromatic carbocycles. The molecule has 3 rings (SSSR count). The van der Waals surface area contributed by atoms with Gasteiger partial charge in [0.25, 0.3) is 0 Å². The minimum absolute atomic E-state index is 0.0653. The van der Waals surface area contributed by atoms with Gasteiger partial charge < -0.3 is 10.4 Å². The number of carbonyl (C=O) groups is 2. The van der Waals surface area contributed by atoms with Crippen molar-refractivity contribution in [1.29, 1.82) is 0 Å². The standard InChI is InChI=1S/C21H27N3O5S2/c1-3-4-5-14-6-8-15(9-7-14)12-24(31(2,28)29)17-10-11-22-18(17)19(25)20-23-16(13-30-20)21(26)27/h6-9,13,17-18,22H,3-5,10-12H2,1-2H3,(H,26,27)/t17?,18-/m1/s1. The summed E-state index contributed by atoms with van der Waals surface area (Å²) in [5.74, 6) is -1.59. The molecule has 31 heavy (non-hydrogen) atoms. The topological polar surface area (TPSA) is 117 Å². The third kappa shape index (κ3) is 5.76. The van der Waals surface area contributed by atoms with Gasteiger partial charge >= 0.3 is 5.97 Å². The SMILES string of the molecule is CCCCc1ccc(CN(C2CCN[C@H]2C(=O)c2nc(C(=O)O)cs2)S(C)(=O)=O)cc1. The van der Waals surface area contributed by atoms with Gasteiger partial charge in [0.1, 0.15) is 0 Å². The van der Waals surface area contributed by atoms with Crippen molar-refractivity contribution in [2.24, 2.45) is 0 Å². The van der Waals surface area contributed by atoms with Gasteiger partial charge in [0, 0.05) is 18.0 Å². The zero-order valence-corrected chi connectivity index (χ0v) is 19.2. The summed E-state index contributed by atoms with van der Waals surface area (Å²) < 4.78 is 26.6. The van der Waals surface area contributed by atoms with Crippen LogP contribution in [0.25, 0.3) is 0 Å². The van der Waals surface area contributed by atoms with E-state index in [1.165, 1.54) is 15.2 Å². The quantitative estimate of drug-likeness (QED) is 0.518. The smallest absolute Gasteiger partial charge is 0.355 e. The maximum atomic E-state index is 13.0. The maximum absolute atomic E-state index is 13.0. The number of carboxylic acid groups (broad SMARTS) is 1. The van der Waals surface area contributed by atoms with Crippen LogP contribution in [-0.2, 0) is 23.0 Å². The number of sulfonamides is 1. The molecule has 2 atom stereocenters. The van der Waals surface area contributed by atoms with E-state index < -0.39 is 28.1 Å². The fourth-order valence-corrected chi connectivity index (χ4v) is 5.61. The monoisotopic (exact) mass is 465 g/mol. The number of nitrogens with zero attached hydrogens (tertiary/aromatic N) is 2. The van der Waals surface area contributed by atoms with Gasteiger partial charge in [0.05, 0.1) is 12.3 Å². The summed E-state index contributed by atoms with van der Waals surface area (Å²) in [4.78, 5) is 28.0. The molecule has 1 aromatic heterocycles. The number of aromatic carboxylic acids is 1. The predicted octanol–water partition coefficient (Wildman–Crippen LogP) is 2.56. The second-order valence-electron chi connectivity index (χ2n) is 7.72. The number of thiazole rings is 1. The number of carbonyl (C=O) groups excluding carboxylic acids is 1. The van der Waals surface area contributed by atoms with E-state index in [4.69, 9.17) is 5.11 Å². The molecule has 1 unspecified atom stereocenters. The van der Waals surface area contributed by atoms with Crippen LogP contribution in [0.2, 0.25) is 0 Å². The molecule has 1 saturated heterocycles. The third-order valence-corrected chi connectivity index (χ3v) is 7.49. The van der Waals surface area contributed by atoms with Crippen molar-refractivity contribution in [3.05, 3.63) is 51.5 Å². The van der Waals surface area contributed by atoms with E-state index in [2.05, 4.69) is 17.2 Å². The van der Waals surface area contributed by atoms with Crippen LogP contribution in [0.4, 0.5) is 0 Å². The number of hydrogen-bond donors (Lipinski definition) is 2. The van der Waals surface area contributed by atoms with Gasteiger partial charge in [-0.25, -0.2) is 18.2 Å². The molecule has 0 saturated carbocycles. The largest absolute Gasteiger partial charge is 0.476 e. The fraction of sp³-hybridized carbons (Fsp3) is 0.476.